The molecule has 0 aliphatic carbocycles. The van der Waals surface area contributed by atoms with Crippen LogP contribution in [0.15, 0.2) is 35.8 Å². The summed E-state index contributed by atoms with van der Waals surface area (Å²) in [7, 11) is 4.06. The Balaban J connectivity index is 1.50. The molecule has 1 aliphatic heterocycles. The van der Waals surface area contributed by atoms with E-state index in [1.807, 2.05) is 44.4 Å². The lowest BCUT2D eigenvalue weighted by Crippen LogP contribution is -2.33. The van der Waals surface area contributed by atoms with Gasteiger partial charge in [0, 0.05) is 24.2 Å². The largest absolute Gasteiger partial charge is 0.454 e. The third-order valence-electron chi connectivity index (χ3n) is 4.91. The van der Waals surface area contributed by atoms with E-state index in [4.69, 9.17) is 14.5 Å². The van der Waals surface area contributed by atoms with Crippen molar-refractivity contribution in [1.82, 2.24) is 14.9 Å². The van der Waals surface area contributed by atoms with E-state index in [2.05, 4.69) is 9.88 Å². The van der Waals surface area contributed by atoms with Gasteiger partial charge in [-0.05, 0) is 45.3 Å². The molecule has 1 aliphatic rings. The van der Waals surface area contributed by atoms with Crippen molar-refractivity contribution < 1.29 is 14.3 Å². The second kappa shape index (κ2) is 7.82. The van der Waals surface area contributed by atoms with Crippen LogP contribution in [0.5, 0.6) is 11.5 Å². The molecule has 154 valence electrons. The Morgan fingerprint density at radius 3 is 2.73 bits per heavy atom. The first-order valence-corrected chi connectivity index (χ1v) is 11.3. The van der Waals surface area contributed by atoms with E-state index >= 15 is 0 Å². The average Bonchev–Trinajstić information content (AvgIpc) is 3.46. The van der Waals surface area contributed by atoms with Crippen molar-refractivity contribution in [1.29, 1.82) is 0 Å². The number of rotatable bonds is 6. The second-order valence-electron chi connectivity index (χ2n) is 7.32. The summed E-state index contributed by atoms with van der Waals surface area (Å²) in [4.78, 5) is 26.4. The summed E-state index contributed by atoms with van der Waals surface area (Å²) in [6.45, 7) is 1.71. The van der Waals surface area contributed by atoms with Gasteiger partial charge in [0.05, 0.1) is 25.9 Å². The summed E-state index contributed by atoms with van der Waals surface area (Å²) in [6.07, 6.45) is 0.847. The van der Waals surface area contributed by atoms with Crippen LogP contribution in [0.2, 0.25) is 0 Å². The molecule has 5 rings (SSSR count). The number of aromatic nitrogens is 2. The minimum atomic E-state index is -0.0526. The normalized spacial score (nSPS) is 12.9. The van der Waals surface area contributed by atoms with Crippen LogP contribution in [-0.4, -0.2) is 54.8 Å². The lowest BCUT2D eigenvalue weighted by atomic mass is 10.2. The first kappa shape index (κ1) is 19.2. The van der Waals surface area contributed by atoms with Crippen molar-refractivity contribution in [2.75, 3.05) is 38.9 Å². The van der Waals surface area contributed by atoms with Crippen LogP contribution < -0.4 is 14.4 Å². The number of thiazole rings is 2. The Morgan fingerprint density at radius 1 is 1.07 bits per heavy atom. The molecule has 2 aromatic heterocycles. The Morgan fingerprint density at radius 2 is 1.90 bits per heavy atom. The van der Waals surface area contributed by atoms with Crippen molar-refractivity contribution in [2.24, 2.45) is 0 Å². The molecule has 30 heavy (non-hydrogen) atoms. The van der Waals surface area contributed by atoms with Gasteiger partial charge in [-0.15, -0.1) is 11.3 Å². The number of hydrogen-bond acceptors (Lipinski definition) is 8. The molecular weight excluding hydrogens is 420 g/mol. The van der Waals surface area contributed by atoms with Gasteiger partial charge in [-0.1, -0.05) is 11.3 Å². The van der Waals surface area contributed by atoms with Crippen molar-refractivity contribution in [2.45, 2.75) is 6.42 Å². The van der Waals surface area contributed by atoms with E-state index in [0.29, 0.717) is 23.0 Å². The van der Waals surface area contributed by atoms with Gasteiger partial charge in [-0.25, -0.2) is 9.97 Å². The zero-order chi connectivity index (χ0) is 20.7. The van der Waals surface area contributed by atoms with Crippen molar-refractivity contribution >= 4 is 54.1 Å². The molecule has 0 saturated carbocycles. The lowest BCUT2D eigenvalue weighted by molar-refractivity contribution is 0.0986. The summed E-state index contributed by atoms with van der Waals surface area (Å²) in [5.41, 5.74) is 4.16. The molecule has 9 heteroatoms. The van der Waals surface area contributed by atoms with Gasteiger partial charge in [-0.2, -0.15) is 0 Å². The van der Waals surface area contributed by atoms with E-state index in [1.54, 1.807) is 10.4 Å². The summed E-state index contributed by atoms with van der Waals surface area (Å²) in [5, 5.41) is 0.682. The number of anilines is 1. The average molecular weight is 441 g/mol. The van der Waals surface area contributed by atoms with E-state index in [9.17, 15) is 4.79 Å². The maximum absolute atomic E-state index is 13.5. The number of fused-ring (bicyclic) bond motifs is 3. The molecule has 0 spiro atoms. The van der Waals surface area contributed by atoms with Crippen molar-refractivity contribution in [3.8, 4) is 11.5 Å². The van der Waals surface area contributed by atoms with Crippen LogP contribution in [0, 0.1) is 0 Å². The highest BCUT2D eigenvalue weighted by Gasteiger charge is 2.23. The molecule has 3 heterocycles. The molecule has 0 bridgehead atoms. The monoisotopic (exact) mass is 440 g/mol. The van der Waals surface area contributed by atoms with Crippen molar-refractivity contribution in [3.63, 3.8) is 0 Å². The smallest absolute Gasteiger partial charge is 0.260 e. The van der Waals surface area contributed by atoms with Gasteiger partial charge in [0.1, 0.15) is 0 Å². The molecule has 0 unspecified atom stereocenters. The number of nitrogens with zero attached hydrogens (tertiary/aromatic N) is 4. The zero-order valence-corrected chi connectivity index (χ0v) is 18.3. The SMILES string of the molecule is CN(C)CCCN(C(=O)c1ccc2ncsc2c1)c1nc2cc3c(cc2s1)OCO3. The summed E-state index contributed by atoms with van der Waals surface area (Å²) < 4.78 is 12.9. The second-order valence-corrected chi connectivity index (χ2v) is 9.21. The number of amides is 1. The quantitative estimate of drug-likeness (QED) is 0.447. The Kier molecular flexibility index (Phi) is 5.01. The third kappa shape index (κ3) is 3.60. The number of carbonyl (C=O) groups excluding carboxylic acids is 1. The molecule has 0 radical (unpaired) electrons. The van der Waals surface area contributed by atoms with E-state index in [0.717, 1.165) is 39.1 Å². The predicted molar refractivity (Wildman–Crippen MR) is 120 cm³/mol. The molecule has 0 N–H and O–H groups in total. The first-order valence-electron chi connectivity index (χ1n) is 9.58. The van der Waals surface area contributed by atoms with E-state index in [1.165, 1.54) is 22.7 Å². The maximum atomic E-state index is 13.5. The molecule has 1 amide bonds. The predicted octanol–water partition coefficient (Wildman–Crippen LogP) is 4.23. The highest BCUT2D eigenvalue weighted by molar-refractivity contribution is 7.22. The summed E-state index contributed by atoms with van der Waals surface area (Å²) in [5.74, 6) is 1.36. The van der Waals surface area contributed by atoms with Gasteiger partial charge < -0.3 is 14.4 Å². The van der Waals surface area contributed by atoms with Gasteiger partial charge in [0.25, 0.3) is 5.91 Å². The zero-order valence-electron chi connectivity index (χ0n) is 16.6. The number of ether oxygens (including phenoxy) is 2. The summed E-state index contributed by atoms with van der Waals surface area (Å²) >= 11 is 3.03. The van der Waals surface area contributed by atoms with Gasteiger partial charge in [-0.3, -0.25) is 9.69 Å². The lowest BCUT2D eigenvalue weighted by Gasteiger charge is -2.21. The molecule has 0 atom stereocenters. The molecule has 7 nitrogen and oxygen atoms in total. The van der Waals surface area contributed by atoms with Crippen molar-refractivity contribution in [3.05, 3.63) is 41.4 Å². The fourth-order valence-corrected chi connectivity index (χ4v) is 5.11. The van der Waals surface area contributed by atoms with Crippen LogP contribution in [0.4, 0.5) is 5.13 Å². The van der Waals surface area contributed by atoms with Gasteiger partial charge >= 0.3 is 0 Å². The standard InChI is InChI=1S/C21H20N4O3S2/c1-24(2)6-3-7-25(20(26)13-4-5-14-18(8-13)29-11-22-14)21-23-15-9-16-17(28-12-27-16)10-19(15)30-21/h4-5,8-11H,3,6-7,12H2,1-2H3. The molecule has 2 aromatic carbocycles. The molecule has 0 saturated heterocycles. The van der Waals surface area contributed by atoms with Gasteiger partial charge in [0.2, 0.25) is 6.79 Å². The topological polar surface area (TPSA) is 67.8 Å². The van der Waals surface area contributed by atoms with E-state index in [-0.39, 0.29) is 12.7 Å². The first-order chi connectivity index (χ1) is 14.6. The third-order valence-corrected chi connectivity index (χ3v) is 6.75. The fraction of sp³-hybridized carbons (Fsp3) is 0.286. The Labute approximate surface area is 181 Å². The highest BCUT2D eigenvalue weighted by Crippen LogP contribution is 2.40. The maximum Gasteiger partial charge on any atom is 0.260 e. The van der Waals surface area contributed by atoms with Crippen LogP contribution in [0.1, 0.15) is 16.8 Å². The van der Waals surface area contributed by atoms with Gasteiger partial charge in [0.15, 0.2) is 16.6 Å². The van der Waals surface area contributed by atoms with Crippen LogP contribution in [0.25, 0.3) is 20.4 Å². The van der Waals surface area contributed by atoms with Crippen LogP contribution in [0.3, 0.4) is 0 Å². The fourth-order valence-electron chi connectivity index (χ4n) is 3.39. The molecular formula is C21H20N4O3S2. The number of carbonyl (C=O) groups is 1. The molecule has 4 aromatic rings. The Bertz CT molecular complexity index is 1190. The number of hydrogen-bond donors (Lipinski definition) is 0. The molecule has 0 fully saturated rings. The minimum Gasteiger partial charge on any atom is -0.454 e. The van der Waals surface area contributed by atoms with E-state index < -0.39 is 0 Å². The summed E-state index contributed by atoms with van der Waals surface area (Å²) in [6, 6.07) is 9.47. The number of benzene rings is 2. The van der Waals surface area contributed by atoms with Crippen LogP contribution in [-0.2, 0) is 0 Å². The Hall–Kier alpha value is -2.75. The van der Waals surface area contributed by atoms with Crippen LogP contribution >= 0.6 is 22.7 Å². The minimum absolute atomic E-state index is 0.0526. The highest BCUT2D eigenvalue weighted by atomic mass is 32.1.